The van der Waals surface area contributed by atoms with Gasteiger partial charge in [-0.15, -0.1) is 0 Å². The minimum Gasteiger partial charge on any atom is -0.309 e. The van der Waals surface area contributed by atoms with E-state index in [0.717, 1.165) is 38.2 Å². The van der Waals surface area contributed by atoms with Crippen LogP contribution in [0.1, 0.15) is 25.0 Å². The fourth-order valence-electron chi connectivity index (χ4n) is 8.75. The standard InChI is InChI=1S/C51H37OP/c1-51(2)49-31-40(29-30-45(49)48-32-46-43-19-11-9-17-41(43)42-18-10-12-20-44(42)47(46)33-50(48)51)53(52,38-25-21-36(22-26-38)34-13-5-3-6-14-34)39-27-23-37(24-28-39)35-15-7-4-8-16-35/h3-33H,1-2H3. The zero-order chi connectivity index (χ0) is 35.7. The Morgan fingerprint density at radius 3 is 1.21 bits per heavy atom. The molecule has 0 saturated carbocycles. The van der Waals surface area contributed by atoms with Gasteiger partial charge < -0.3 is 4.57 Å². The summed E-state index contributed by atoms with van der Waals surface area (Å²) >= 11 is 0. The van der Waals surface area contributed by atoms with E-state index in [1.165, 1.54) is 54.6 Å². The molecule has 252 valence electrons. The van der Waals surface area contributed by atoms with Crippen LogP contribution in [0.15, 0.2) is 188 Å². The monoisotopic (exact) mass is 696 g/mol. The molecule has 2 heteroatoms. The molecule has 10 rings (SSSR count). The molecule has 0 atom stereocenters. The first-order valence-corrected chi connectivity index (χ1v) is 20.1. The van der Waals surface area contributed by atoms with E-state index in [1.54, 1.807) is 0 Å². The van der Waals surface area contributed by atoms with E-state index in [2.05, 4.69) is 190 Å². The first-order chi connectivity index (χ1) is 25.9. The molecule has 1 aliphatic carbocycles. The fourth-order valence-corrected chi connectivity index (χ4v) is 11.4. The summed E-state index contributed by atoms with van der Waals surface area (Å²) in [5.74, 6) is 0. The van der Waals surface area contributed by atoms with E-state index in [1.807, 2.05) is 12.1 Å². The molecule has 53 heavy (non-hydrogen) atoms. The quantitative estimate of drug-likeness (QED) is 0.129. The maximum absolute atomic E-state index is 16.1. The summed E-state index contributed by atoms with van der Waals surface area (Å²) in [5, 5.41) is 10.2. The van der Waals surface area contributed by atoms with Crippen LogP contribution in [0.5, 0.6) is 0 Å². The van der Waals surface area contributed by atoms with Crippen molar-refractivity contribution in [1.82, 2.24) is 0 Å². The third kappa shape index (κ3) is 4.88. The van der Waals surface area contributed by atoms with Crippen molar-refractivity contribution in [3.63, 3.8) is 0 Å². The first kappa shape index (κ1) is 31.7. The number of fused-ring (bicyclic) bond motifs is 9. The number of hydrogen-bond acceptors (Lipinski definition) is 1. The topological polar surface area (TPSA) is 17.1 Å². The Bertz CT molecular complexity index is 2820. The van der Waals surface area contributed by atoms with Gasteiger partial charge >= 0.3 is 0 Å². The molecule has 9 aromatic carbocycles. The van der Waals surface area contributed by atoms with E-state index >= 15 is 4.57 Å². The Labute approximate surface area is 310 Å². The highest BCUT2D eigenvalue weighted by atomic mass is 31.2. The molecule has 9 aromatic rings. The normalized spacial score (nSPS) is 13.3. The Kier molecular flexibility index (Phi) is 7.19. The van der Waals surface area contributed by atoms with Crippen molar-refractivity contribution in [2.24, 2.45) is 0 Å². The summed E-state index contributed by atoms with van der Waals surface area (Å²) in [6.45, 7) is 4.65. The van der Waals surface area contributed by atoms with E-state index < -0.39 is 7.14 Å². The lowest BCUT2D eigenvalue weighted by atomic mass is 9.81. The highest BCUT2D eigenvalue weighted by Gasteiger charge is 2.39. The minimum atomic E-state index is -3.29. The van der Waals surface area contributed by atoms with Gasteiger partial charge in [-0.3, -0.25) is 0 Å². The Morgan fingerprint density at radius 1 is 0.340 bits per heavy atom. The van der Waals surface area contributed by atoms with Crippen LogP contribution in [-0.2, 0) is 9.98 Å². The number of hydrogen-bond donors (Lipinski definition) is 0. The predicted octanol–water partition coefficient (Wildman–Crippen LogP) is 12.4. The highest BCUT2D eigenvalue weighted by Crippen LogP contribution is 2.53. The van der Waals surface area contributed by atoms with Gasteiger partial charge in [0.05, 0.1) is 0 Å². The van der Waals surface area contributed by atoms with Gasteiger partial charge in [0.15, 0.2) is 7.14 Å². The van der Waals surface area contributed by atoms with E-state index in [9.17, 15) is 0 Å². The molecule has 0 unspecified atom stereocenters. The van der Waals surface area contributed by atoms with Crippen molar-refractivity contribution >= 4 is 55.4 Å². The second kappa shape index (κ2) is 12.0. The third-order valence-corrected chi connectivity index (χ3v) is 14.6. The zero-order valence-corrected chi connectivity index (χ0v) is 30.6. The summed E-state index contributed by atoms with van der Waals surface area (Å²) < 4.78 is 16.1. The van der Waals surface area contributed by atoms with Gasteiger partial charge in [-0.1, -0.05) is 184 Å². The summed E-state index contributed by atoms with van der Waals surface area (Å²) in [6, 6.07) is 66.5. The van der Waals surface area contributed by atoms with Gasteiger partial charge in [0.2, 0.25) is 0 Å². The van der Waals surface area contributed by atoms with Crippen molar-refractivity contribution < 1.29 is 4.57 Å². The van der Waals surface area contributed by atoms with Crippen LogP contribution in [0.2, 0.25) is 0 Å². The van der Waals surface area contributed by atoms with Crippen LogP contribution in [0.25, 0.3) is 65.7 Å². The molecule has 0 heterocycles. The fraction of sp³-hybridized carbons (Fsp3) is 0.0588. The smallest absolute Gasteiger partial charge is 0.171 e. The van der Waals surface area contributed by atoms with Crippen LogP contribution in [-0.4, -0.2) is 0 Å². The Balaban J connectivity index is 1.16. The molecule has 0 N–H and O–H groups in total. The summed E-state index contributed by atoms with van der Waals surface area (Å²) in [4.78, 5) is 0. The Hall–Kier alpha value is -6.01. The SMILES string of the molecule is CC1(C)c2cc(P(=O)(c3ccc(-c4ccccc4)cc3)c3ccc(-c4ccccc4)cc3)ccc2-c2cc3c4ccccc4c4ccccc4c3cc21. The molecular weight excluding hydrogens is 660 g/mol. The second-order valence-electron chi connectivity index (χ2n) is 14.8. The highest BCUT2D eigenvalue weighted by molar-refractivity contribution is 7.85. The van der Waals surface area contributed by atoms with Crippen molar-refractivity contribution in [2.75, 3.05) is 0 Å². The van der Waals surface area contributed by atoms with Crippen molar-refractivity contribution in [3.05, 3.63) is 199 Å². The molecule has 0 amide bonds. The van der Waals surface area contributed by atoms with Crippen LogP contribution in [0.4, 0.5) is 0 Å². The van der Waals surface area contributed by atoms with Gasteiger partial charge in [0.25, 0.3) is 0 Å². The van der Waals surface area contributed by atoms with Crippen LogP contribution in [0, 0.1) is 0 Å². The van der Waals surface area contributed by atoms with E-state index in [0.29, 0.717) is 0 Å². The number of rotatable bonds is 5. The lowest BCUT2D eigenvalue weighted by molar-refractivity contribution is 0.592. The minimum absolute atomic E-state index is 0.291. The second-order valence-corrected chi connectivity index (χ2v) is 17.6. The molecule has 0 saturated heterocycles. The molecule has 1 nitrogen and oxygen atoms in total. The molecular formula is C51H37OP. The summed E-state index contributed by atoms with van der Waals surface area (Å²) in [5.41, 5.74) is 9.23. The largest absolute Gasteiger partial charge is 0.309 e. The molecule has 0 aromatic heterocycles. The summed E-state index contributed by atoms with van der Waals surface area (Å²) in [6.07, 6.45) is 0. The lowest BCUT2D eigenvalue weighted by Gasteiger charge is -2.25. The summed E-state index contributed by atoms with van der Waals surface area (Å²) in [7, 11) is -3.29. The molecule has 0 spiro atoms. The van der Waals surface area contributed by atoms with Gasteiger partial charge in [0, 0.05) is 21.3 Å². The molecule has 0 fully saturated rings. The predicted molar refractivity (Wildman–Crippen MR) is 227 cm³/mol. The van der Waals surface area contributed by atoms with Gasteiger partial charge in [-0.05, 0) is 95.0 Å². The van der Waals surface area contributed by atoms with Gasteiger partial charge in [0.1, 0.15) is 0 Å². The average Bonchev–Trinajstić information content (AvgIpc) is 3.45. The van der Waals surface area contributed by atoms with Crippen LogP contribution >= 0.6 is 7.14 Å². The van der Waals surface area contributed by atoms with Crippen LogP contribution < -0.4 is 15.9 Å². The van der Waals surface area contributed by atoms with Gasteiger partial charge in [-0.25, -0.2) is 0 Å². The first-order valence-electron chi connectivity index (χ1n) is 18.4. The molecule has 0 aliphatic heterocycles. The molecule has 0 bridgehead atoms. The van der Waals surface area contributed by atoms with Crippen molar-refractivity contribution in [3.8, 4) is 33.4 Å². The third-order valence-electron chi connectivity index (χ3n) is 11.6. The Morgan fingerprint density at radius 2 is 0.717 bits per heavy atom. The average molecular weight is 697 g/mol. The number of benzene rings is 9. The molecule has 1 aliphatic rings. The maximum atomic E-state index is 16.1. The lowest BCUT2D eigenvalue weighted by Crippen LogP contribution is -2.26. The van der Waals surface area contributed by atoms with E-state index in [-0.39, 0.29) is 5.41 Å². The van der Waals surface area contributed by atoms with Crippen molar-refractivity contribution in [2.45, 2.75) is 19.3 Å². The van der Waals surface area contributed by atoms with Crippen molar-refractivity contribution in [1.29, 1.82) is 0 Å². The molecule has 0 radical (unpaired) electrons. The van der Waals surface area contributed by atoms with Gasteiger partial charge in [-0.2, -0.15) is 0 Å². The van der Waals surface area contributed by atoms with Crippen LogP contribution in [0.3, 0.4) is 0 Å². The van der Waals surface area contributed by atoms with E-state index in [4.69, 9.17) is 0 Å². The maximum Gasteiger partial charge on any atom is 0.171 e. The zero-order valence-electron chi connectivity index (χ0n) is 29.8.